The van der Waals surface area contributed by atoms with Crippen molar-refractivity contribution in [3.8, 4) is 17.1 Å². The molecule has 114 valence electrons. The first-order valence-electron chi connectivity index (χ1n) is 6.79. The summed E-state index contributed by atoms with van der Waals surface area (Å²) >= 11 is 4.87. The predicted octanol–water partition coefficient (Wildman–Crippen LogP) is 3.59. The number of rotatable bonds is 4. The van der Waals surface area contributed by atoms with Gasteiger partial charge in [0.05, 0.1) is 0 Å². The van der Waals surface area contributed by atoms with Crippen molar-refractivity contribution in [1.82, 2.24) is 24.8 Å². The smallest absolute Gasteiger partial charge is 0.235 e. The van der Waals surface area contributed by atoms with Crippen LogP contribution in [-0.2, 0) is 6.61 Å². The maximum absolute atomic E-state index is 5.72. The summed E-state index contributed by atoms with van der Waals surface area (Å²) in [6, 6.07) is 11.6. The lowest BCUT2D eigenvalue weighted by Gasteiger charge is -2.02. The Morgan fingerprint density at radius 3 is 2.83 bits per heavy atom. The SMILES string of the molecule is Brc1cncc(-c2nnc3sc(COc4ccccc4)nn23)c1. The summed E-state index contributed by atoms with van der Waals surface area (Å²) in [5.41, 5.74) is 0.854. The molecule has 0 fully saturated rings. The minimum Gasteiger partial charge on any atom is -0.486 e. The van der Waals surface area contributed by atoms with Crippen molar-refractivity contribution in [2.75, 3.05) is 0 Å². The number of aromatic nitrogens is 5. The van der Waals surface area contributed by atoms with Crippen LogP contribution in [0, 0.1) is 0 Å². The molecule has 3 aromatic heterocycles. The summed E-state index contributed by atoms with van der Waals surface area (Å²) in [6.07, 6.45) is 3.46. The van der Waals surface area contributed by atoms with Crippen LogP contribution in [0.25, 0.3) is 16.3 Å². The van der Waals surface area contributed by atoms with Crippen LogP contribution in [0.1, 0.15) is 5.01 Å². The molecule has 0 atom stereocenters. The van der Waals surface area contributed by atoms with E-state index in [1.54, 1.807) is 16.9 Å². The predicted molar refractivity (Wildman–Crippen MR) is 90.4 cm³/mol. The topological polar surface area (TPSA) is 65.2 Å². The molecule has 23 heavy (non-hydrogen) atoms. The van der Waals surface area contributed by atoms with Gasteiger partial charge in [-0.1, -0.05) is 29.5 Å². The number of pyridine rings is 1. The van der Waals surface area contributed by atoms with Crippen LogP contribution in [0.2, 0.25) is 0 Å². The molecule has 8 heteroatoms. The second kappa shape index (κ2) is 6.05. The molecule has 0 bridgehead atoms. The summed E-state index contributed by atoms with van der Waals surface area (Å²) in [7, 11) is 0. The highest BCUT2D eigenvalue weighted by Gasteiger charge is 2.14. The largest absolute Gasteiger partial charge is 0.486 e. The third-order valence-corrected chi connectivity index (χ3v) is 4.41. The standard InChI is InChI=1S/C15H10BrN5OS/c16-11-6-10(7-17-8-11)14-18-19-15-21(14)20-13(23-15)9-22-12-4-2-1-3-5-12/h1-8H,9H2. The first kappa shape index (κ1) is 14.3. The van der Waals surface area contributed by atoms with Crippen LogP contribution in [-0.4, -0.2) is 24.8 Å². The Hall–Kier alpha value is -2.32. The van der Waals surface area contributed by atoms with Crippen molar-refractivity contribution in [3.63, 3.8) is 0 Å². The van der Waals surface area contributed by atoms with Gasteiger partial charge < -0.3 is 4.74 Å². The van der Waals surface area contributed by atoms with E-state index in [2.05, 4.69) is 36.2 Å². The van der Waals surface area contributed by atoms with E-state index in [4.69, 9.17) is 4.74 Å². The van der Waals surface area contributed by atoms with E-state index in [-0.39, 0.29) is 0 Å². The monoisotopic (exact) mass is 387 g/mol. The van der Waals surface area contributed by atoms with Crippen LogP contribution < -0.4 is 4.74 Å². The molecular formula is C15H10BrN5OS. The third-order valence-electron chi connectivity index (χ3n) is 3.10. The maximum Gasteiger partial charge on any atom is 0.235 e. The second-order valence-electron chi connectivity index (χ2n) is 4.71. The van der Waals surface area contributed by atoms with Gasteiger partial charge in [0, 0.05) is 22.4 Å². The summed E-state index contributed by atoms with van der Waals surface area (Å²) < 4.78 is 8.33. The van der Waals surface area contributed by atoms with Gasteiger partial charge in [0.15, 0.2) is 10.8 Å². The van der Waals surface area contributed by atoms with Gasteiger partial charge in [0.2, 0.25) is 4.96 Å². The first-order chi connectivity index (χ1) is 11.3. The molecule has 0 N–H and O–H groups in total. The van der Waals surface area contributed by atoms with E-state index in [1.165, 1.54) is 11.3 Å². The average molecular weight is 388 g/mol. The van der Waals surface area contributed by atoms with Crippen molar-refractivity contribution in [3.05, 3.63) is 58.3 Å². The molecule has 0 unspecified atom stereocenters. The molecular weight excluding hydrogens is 378 g/mol. The van der Waals surface area contributed by atoms with E-state index in [0.29, 0.717) is 12.4 Å². The fourth-order valence-corrected chi connectivity index (χ4v) is 3.20. The van der Waals surface area contributed by atoms with Crippen LogP contribution in [0.15, 0.2) is 53.3 Å². The number of hydrogen-bond acceptors (Lipinski definition) is 6. The van der Waals surface area contributed by atoms with Gasteiger partial charge in [-0.3, -0.25) is 4.98 Å². The molecule has 0 amide bonds. The molecule has 6 nitrogen and oxygen atoms in total. The van der Waals surface area contributed by atoms with Crippen molar-refractivity contribution >= 4 is 32.2 Å². The Balaban J connectivity index is 1.62. The van der Waals surface area contributed by atoms with Crippen LogP contribution >= 0.6 is 27.3 Å². The Morgan fingerprint density at radius 1 is 1.13 bits per heavy atom. The zero-order chi connectivity index (χ0) is 15.6. The second-order valence-corrected chi connectivity index (χ2v) is 6.66. The highest BCUT2D eigenvalue weighted by atomic mass is 79.9. The van der Waals surface area contributed by atoms with Gasteiger partial charge in [0.25, 0.3) is 0 Å². The van der Waals surface area contributed by atoms with E-state index >= 15 is 0 Å². The van der Waals surface area contributed by atoms with Gasteiger partial charge in [0.1, 0.15) is 12.4 Å². The van der Waals surface area contributed by atoms with Crippen molar-refractivity contribution < 1.29 is 4.74 Å². The summed E-state index contributed by atoms with van der Waals surface area (Å²) in [4.78, 5) is 4.88. The lowest BCUT2D eigenvalue weighted by atomic mass is 10.3. The van der Waals surface area contributed by atoms with Gasteiger partial charge in [-0.05, 0) is 34.1 Å². The molecule has 0 spiro atoms. The molecule has 0 aliphatic rings. The molecule has 4 aromatic rings. The number of hydrogen-bond donors (Lipinski definition) is 0. The Labute approximate surface area is 143 Å². The van der Waals surface area contributed by atoms with Gasteiger partial charge in [-0.25, -0.2) is 0 Å². The first-order valence-corrected chi connectivity index (χ1v) is 8.40. The minimum absolute atomic E-state index is 0.397. The molecule has 0 radical (unpaired) electrons. The van der Waals surface area contributed by atoms with Gasteiger partial charge in [-0.15, -0.1) is 10.2 Å². The van der Waals surface area contributed by atoms with Crippen molar-refractivity contribution in [2.45, 2.75) is 6.61 Å². The molecule has 0 aliphatic carbocycles. The normalized spacial score (nSPS) is 11.0. The molecule has 0 saturated carbocycles. The molecule has 1 aromatic carbocycles. The quantitative estimate of drug-likeness (QED) is 0.535. The number of ether oxygens (including phenoxy) is 1. The lowest BCUT2D eigenvalue weighted by Crippen LogP contribution is -1.97. The zero-order valence-corrected chi connectivity index (χ0v) is 14.2. The van der Waals surface area contributed by atoms with E-state index in [1.807, 2.05) is 36.4 Å². The Bertz CT molecular complexity index is 953. The summed E-state index contributed by atoms with van der Waals surface area (Å²) in [5, 5.41) is 13.7. The number of nitrogens with zero attached hydrogens (tertiary/aromatic N) is 5. The maximum atomic E-state index is 5.72. The fraction of sp³-hybridized carbons (Fsp3) is 0.0667. The molecule has 0 aliphatic heterocycles. The van der Waals surface area contributed by atoms with Gasteiger partial charge in [-0.2, -0.15) is 9.61 Å². The summed E-state index contributed by atoms with van der Waals surface area (Å²) in [5.74, 6) is 1.48. The molecule has 3 heterocycles. The number of fused-ring (bicyclic) bond motifs is 1. The van der Waals surface area contributed by atoms with Crippen LogP contribution in [0.5, 0.6) is 5.75 Å². The highest BCUT2D eigenvalue weighted by molar-refractivity contribution is 9.10. The van der Waals surface area contributed by atoms with Crippen molar-refractivity contribution in [1.29, 1.82) is 0 Å². The van der Waals surface area contributed by atoms with Gasteiger partial charge >= 0.3 is 0 Å². The lowest BCUT2D eigenvalue weighted by molar-refractivity contribution is 0.304. The number of para-hydroxylation sites is 1. The van der Waals surface area contributed by atoms with Crippen LogP contribution in [0.4, 0.5) is 0 Å². The minimum atomic E-state index is 0.397. The number of benzene rings is 1. The van der Waals surface area contributed by atoms with E-state index in [9.17, 15) is 0 Å². The molecule has 4 rings (SSSR count). The van der Waals surface area contributed by atoms with Crippen molar-refractivity contribution in [2.24, 2.45) is 0 Å². The van der Waals surface area contributed by atoms with E-state index in [0.717, 1.165) is 25.8 Å². The Morgan fingerprint density at radius 2 is 2.00 bits per heavy atom. The highest BCUT2D eigenvalue weighted by Crippen LogP contribution is 2.23. The fourth-order valence-electron chi connectivity index (χ4n) is 2.09. The number of halogens is 1. The molecule has 0 saturated heterocycles. The third kappa shape index (κ3) is 2.95. The van der Waals surface area contributed by atoms with E-state index < -0.39 is 0 Å². The Kier molecular flexibility index (Phi) is 3.76. The average Bonchev–Trinajstić information content (AvgIpc) is 3.14. The van der Waals surface area contributed by atoms with Crippen LogP contribution in [0.3, 0.4) is 0 Å². The summed E-state index contributed by atoms with van der Waals surface area (Å²) in [6.45, 7) is 0.397. The zero-order valence-electron chi connectivity index (χ0n) is 11.8.